The minimum Gasteiger partial charge on any atom is -0.467 e. The number of rotatable bonds is 3. The number of carbonyl (C=O) groups excluding carboxylic acids is 2. The molecule has 0 aromatic heterocycles. The zero-order valence-corrected chi connectivity index (χ0v) is 12.5. The van der Waals surface area contributed by atoms with E-state index in [4.69, 9.17) is 4.74 Å². The fraction of sp³-hybridized carbons (Fsp3) is 0.846. The van der Waals surface area contributed by atoms with Crippen LogP contribution < -0.4 is 5.32 Å². The first kappa shape index (κ1) is 15.8. The molecule has 6 heteroatoms. The Bertz CT molecular complexity index is 333. The second-order valence-corrected chi connectivity index (χ2v) is 5.41. The standard InChI is InChI=1S/C13H25N3O3/c1-9(2)11(12(17)19-5)15(4)13(18)16-7-6-14-10(3)8-16/h9-11,14H,6-8H2,1-5H3/t10-,11?/m0/s1. The summed E-state index contributed by atoms with van der Waals surface area (Å²) in [5, 5.41) is 3.29. The van der Waals surface area contributed by atoms with Crippen molar-refractivity contribution in [3.8, 4) is 0 Å². The predicted molar refractivity (Wildman–Crippen MR) is 72.8 cm³/mol. The van der Waals surface area contributed by atoms with Crippen molar-refractivity contribution >= 4 is 12.0 Å². The number of carbonyl (C=O) groups is 2. The summed E-state index contributed by atoms with van der Waals surface area (Å²) in [4.78, 5) is 27.5. The van der Waals surface area contributed by atoms with Crippen LogP contribution in [0.1, 0.15) is 20.8 Å². The van der Waals surface area contributed by atoms with E-state index >= 15 is 0 Å². The first-order valence-corrected chi connectivity index (χ1v) is 6.71. The van der Waals surface area contributed by atoms with Gasteiger partial charge in [-0.05, 0) is 12.8 Å². The summed E-state index contributed by atoms with van der Waals surface area (Å²) in [6, 6.07) is -0.373. The smallest absolute Gasteiger partial charge is 0.328 e. The van der Waals surface area contributed by atoms with Crippen LogP contribution >= 0.6 is 0 Å². The normalized spacial score (nSPS) is 21.2. The molecule has 0 radical (unpaired) electrons. The molecule has 0 spiro atoms. The summed E-state index contributed by atoms with van der Waals surface area (Å²) in [7, 11) is 3.01. The van der Waals surface area contributed by atoms with Crippen LogP contribution in [0.4, 0.5) is 4.79 Å². The van der Waals surface area contributed by atoms with Crippen molar-refractivity contribution in [3.63, 3.8) is 0 Å². The van der Waals surface area contributed by atoms with Gasteiger partial charge in [0.1, 0.15) is 6.04 Å². The molecule has 0 saturated carbocycles. The number of urea groups is 1. The van der Waals surface area contributed by atoms with Gasteiger partial charge in [0.2, 0.25) is 0 Å². The van der Waals surface area contributed by atoms with Gasteiger partial charge in [-0.15, -0.1) is 0 Å². The summed E-state index contributed by atoms with van der Waals surface area (Å²) in [5.41, 5.74) is 0. The zero-order valence-electron chi connectivity index (χ0n) is 12.5. The number of hydrogen-bond acceptors (Lipinski definition) is 4. The lowest BCUT2D eigenvalue weighted by Gasteiger charge is -2.37. The van der Waals surface area contributed by atoms with Crippen LogP contribution in [0.2, 0.25) is 0 Å². The Balaban J connectivity index is 2.75. The fourth-order valence-electron chi connectivity index (χ4n) is 2.45. The van der Waals surface area contributed by atoms with E-state index in [2.05, 4.69) is 5.32 Å². The van der Waals surface area contributed by atoms with Crippen molar-refractivity contribution in [1.29, 1.82) is 0 Å². The van der Waals surface area contributed by atoms with Gasteiger partial charge in [-0.1, -0.05) is 13.8 Å². The lowest BCUT2D eigenvalue weighted by atomic mass is 10.0. The average molecular weight is 271 g/mol. The second kappa shape index (κ2) is 6.75. The topological polar surface area (TPSA) is 61.9 Å². The Labute approximate surface area is 115 Å². The second-order valence-electron chi connectivity index (χ2n) is 5.41. The molecular weight excluding hydrogens is 246 g/mol. The van der Waals surface area contributed by atoms with Gasteiger partial charge in [0.05, 0.1) is 7.11 Å². The number of esters is 1. The number of methoxy groups -OCH3 is 1. The number of nitrogens with zero attached hydrogens (tertiary/aromatic N) is 2. The zero-order chi connectivity index (χ0) is 14.6. The molecule has 1 fully saturated rings. The number of piperazine rings is 1. The van der Waals surface area contributed by atoms with Gasteiger partial charge < -0.3 is 19.9 Å². The Hall–Kier alpha value is -1.30. The summed E-state index contributed by atoms with van der Waals surface area (Å²) in [6.45, 7) is 7.97. The van der Waals surface area contributed by atoms with Gasteiger partial charge in [-0.25, -0.2) is 9.59 Å². The van der Waals surface area contributed by atoms with E-state index in [0.29, 0.717) is 13.1 Å². The number of ether oxygens (including phenoxy) is 1. The van der Waals surface area contributed by atoms with Gasteiger partial charge in [0.15, 0.2) is 0 Å². The van der Waals surface area contributed by atoms with Gasteiger partial charge in [-0.3, -0.25) is 0 Å². The Morgan fingerprint density at radius 1 is 1.42 bits per heavy atom. The molecule has 1 aliphatic heterocycles. The average Bonchev–Trinajstić information content (AvgIpc) is 2.37. The minimum atomic E-state index is -0.539. The number of hydrogen-bond donors (Lipinski definition) is 1. The molecule has 0 aliphatic carbocycles. The maximum atomic E-state index is 12.4. The molecule has 0 aromatic rings. The lowest BCUT2D eigenvalue weighted by Crippen LogP contribution is -2.57. The van der Waals surface area contributed by atoms with E-state index in [-0.39, 0.29) is 24.0 Å². The molecule has 0 aromatic carbocycles. The van der Waals surface area contributed by atoms with Gasteiger partial charge >= 0.3 is 12.0 Å². The molecule has 0 bridgehead atoms. The Morgan fingerprint density at radius 2 is 2.05 bits per heavy atom. The van der Waals surface area contributed by atoms with E-state index < -0.39 is 6.04 Å². The number of nitrogens with one attached hydrogen (secondary N) is 1. The molecular formula is C13H25N3O3. The molecule has 6 nitrogen and oxygen atoms in total. The Morgan fingerprint density at radius 3 is 2.53 bits per heavy atom. The van der Waals surface area contributed by atoms with E-state index in [1.54, 1.807) is 11.9 Å². The third-order valence-corrected chi connectivity index (χ3v) is 3.43. The molecule has 1 aliphatic rings. The van der Waals surface area contributed by atoms with Crippen LogP contribution in [0.5, 0.6) is 0 Å². The lowest BCUT2D eigenvalue weighted by molar-refractivity contribution is -0.147. The first-order valence-electron chi connectivity index (χ1n) is 6.71. The predicted octanol–water partition coefficient (Wildman–Crippen LogP) is 0.530. The van der Waals surface area contributed by atoms with Crippen LogP contribution in [0.15, 0.2) is 0 Å². The highest BCUT2D eigenvalue weighted by atomic mass is 16.5. The van der Waals surface area contributed by atoms with Gasteiger partial charge in [-0.2, -0.15) is 0 Å². The van der Waals surface area contributed by atoms with Crippen molar-refractivity contribution in [2.45, 2.75) is 32.9 Å². The summed E-state index contributed by atoms with van der Waals surface area (Å²) in [5.74, 6) is -0.351. The largest absolute Gasteiger partial charge is 0.467 e. The highest BCUT2D eigenvalue weighted by Crippen LogP contribution is 2.14. The molecule has 1 unspecified atom stereocenters. The van der Waals surface area contributed by atoms with E-state index in [9.17, 15) is 9.59 Å². The fourth-order valence-corrected chi connectivity index (χ4v) is 2.45. The number of likely N-dealkylation sites (N-methyl/N-ethyl adjacent to an activating group) is 1. The molecule has 19 heavy (non-hydrogen) atoms. The van der Waals surface area contributed by atoms with Gasteiger partial charge in [0, 0.05) is 32.7 Å². The summed E-state index contributed by atoms with van der Waals surface area (Å²) >= 11 is 0. The third kappa shape index (κ3) is 3.83. The summed E-state index contributed by atoms with van der Waals surface area (Å²) < 4.78 is 4.79. The quantitative estimate of drug-likeness (QED) is 0.761. The van der Waals surface area contributed by atoms with Crippen molar-refractivity contribution < 1.29 is 14.3 Å². The van der Waals surface area contributed by atoms with Crippen LogP contribution in [0.25, 0.3) is 0 Å². The van der Waals surface area contributed by atoms with E-state index in [1.165, 1.54) is 12.0 Å². The van der Waals surface area contributed by atoms with E-state index in [0.717, 1.165) is 6.54 Å². The molecule has 110 valence electrons. The SMILES string of the molecule is COC(=O)C(C(C)C)N(C)C(=O)N1CCN[C@@H](C)C1. The maximum absolute atomic E-state index is 12.4. The minimum absolute atomic E-state index is 0.0155. The van der Waals surface area contributed by atoms with Crippen LogP contribution in [0, 0.1) is 5.92 Å². The number of amides is 2. The Kier molecular flexibility index (Phi) is 5.60. The molecule has 1 N–H and O–H groups in total. The first-order chi connectivity index (χ1) is 8.88. The van der Waals surface area contributed by atoms with Crippen LogP contribution in [-0.2, 0) is 9.53 Å². The van der Waals surface area contributed by atoms with Crippen molar-refractivity contribution in [2.75, 3.05) is 33.8 Å². The molecule has 2 amide bonds. The van der Waals surface area contributed by atoms with Crippen LogP contribution in [0.3, 0.4) is 0 Å². The highest BCUT2D eigenvalue weighted by Gasteiger charge is 2.33. The highest BCUT2D eigenvalue weighted by molar-refractivity contribution is 5.83. The molecule has 1 saturated heterocycles. The van der Waals surface area contributed by atoms with Crippen molar-refractivity contribution in [3.05, 3.63) is 0 Å². The van der Waals surface area contributed by atoms with Crippen molar-refractivity contribution in [1.82, 2.24) is 15.1 Å². The molecule has 2 atom stereocenters. The summed E-state index contributed by atoms with van der Waals surface area (Å²) in [6.07, 6.45) is 0. The van der Waals surface area contributed by atoms with E-state index in [1.807, 2.05) is 20.8 Å². The van der Waals surface area contributed by atoms with Gasteiger partial charge in [0.25, 0.3) is 0 Å². The third-order valence-electron chi connectivity index (χ3n) is 3.43. The maximum Gasteiger partial charge on any atom is 0.328 e. The molecule has 1 rings (SSSR count). The molecule has 1 heterocycles. The monoisotopic (exact) mass is 271 g/mol. The van der Waals surface area contributed by atoms with Crippen molar-refractivity contribution in [2.24, 2.45) is 5.92 Å². The van der Waals surface area contributed by atoms with Crippen LogP contribution in [-0.4, -0.2) is 67.7 Å².